The van der Waals surface area contributed by atoms with E-state index in [2.05, 4.69) is 288 Å². The van der Waals surface area contributed by atoms with Crippen LogP contribution in [-0.4, -0.2) is 4.57 Å². The molecule has 0 unspecified atom stereocenters. The largest absolute Gasteiger partial charge is 0.309 e. The smallest absolute Gasteiger partial charge is 0.0541 e. The standard InChI is InChI=1S/C70H69N/c1-67(2,3)61-30-20-16-26-55(61)50-38-48(39-51(42-50)56-27-17-21-31-62(56)68(4,5)6)46-34-36-65-59(44-46)60-45-47(35-37-66(60)71(65)54-24-14-13-15-25-54)49-40-52(57-28-18-22-32-63(57)69(7,8)9)43-53(41-49)58-29-19-23-33-64(58)70(10,11)12/h13-45H,1-12H3. The Morgan fingerprint density at radius 1 is 0.239 bits per heavy atom. The molecule has 1 heteroatoms. The summed E-state index contributed by atoms with van der Waals surface area (Å²) in [6.45, 7) is 27.9. The molecule has 0 saturated carbocycles. The van der Waals surface area contributed by atoms with Gasteiger partial charge >= 0.3 is 0 Å². The van der Waals surface area contributed by atoms with E-state index in [-0.39, 0.29) is 21.7 Å². The van der Waals surface area contributed by atoms with Crippen LogP contribution in [0.2, 0.25) is 0 Å². The van der Waals surface area contributed by atoms with Crippen LogP contribution >= 0.6 is 0 Å². The van der Waals surface area contributed by atoms with Crippen LogP contribution in [0.1, 0.15) is 105 Å². The summed E-state index contributed by atoms with van der Waals surface area (Å²) in [6, 6.07) is 75.6. The van der Waals surface area contributed by atoms with Crippen LogP contribution < -0.4 is 0 Å². The Balaban J connectivity index is 1.23. The fourth-order valence-electron chi connectivity index (χ4n) is 11.0. The number of fused-ring (bicyclic) bond motifs is 3. The number of para-hydroxylation sites is 1. The molecule has 0 aliphatic rings. The van der Waals surface area contributed by atoms with E-state index in [0.29, 0.717) is 0 Å². The van der Waals surface area contributed by atoms with E-state index in [0.717, 1.165) is 5.69 Å². The van der Waals surface area contributed by atoms with E-state index in [9.17, 15) is 0 Å². The highest BCUT2D eigenvalue weighted by Crippen LogP contribution is 2.45. The fraction of sp³-hybridized carbons (Fsp3) is 0.229. The average Bonchev–Trinajstić information content (AvgIpc) is 3.68. The molecule has 71 heavy (non-hydrogen) atoms. The molecule has 1 nitrogen and oxygen atoms in total. The lowest BCUT2D eigenvalue weighted by Crippen LogP contribution is -2.13. The topological polar surface area (TPSA) is 4.93 Å². The van der Waals surface area contributed by atoms with Crippen molar-refractivity contribution < 1.29 is 0 Å². The fourth-order valence-corrected chi connectivity index (χ4v) is 11.0. The molecule has 10 rings (SSSR count). The lowest BCUT2D eigenvalue weighted by Gasteiger charge is -2.25. The maximum absolute atomic E-state index is 2.45. The SMILES string of the molecule is CC(C)(C)c1ccccc1-c1cc(-c2ccc3c(c2)c2cc(-c4cc(-c5ccccc5C(C)(C)C)cc(-c5ccccc5C(C)(C)C)c4)ccc2n3-c2ccccc2)cc(-c2ccccc2C(C)(C)C)c1. The third-order valence-corrected chi connectivity index (χ3v) is 14.5. The second kappa shape index (κ2) is 17.9. The van der Waals surface area contributed by atoms with Crippen molar-refractivity contribution in [3.05, 3.63) is 222 Å². The molecule has 0 spiro atoms. The minimum atomic E-state index is -0.0296. The highest BCUT2D eigenvalue weighted by molar-refractivity contribution is 6.12. The predicted molar refractivity (Wildman–Crippen MR) is 308 cm³/mol. The number of hydrogen-bond donors (Lipinski definition) is 0. The zero-order chi connectivity index (χ0) is 50.0. The van der Waals surface area contributed by atoms with Crippen molar-refractivity contribution in [3.8, 4) is 72.4 Å². The van der Waals surface area contributed by atoms with Crippen molar-refractivity contribution in [1.82, 2.24) is 4.57 Å². The Bertz CT molecular complexity index is 3230. The Labute approximate surface area is 423 Å². The summed E-state index contributed by atoms with van der Waals surface area (Å²) in [4.78, 5) is 0. The van der Waals surface area contributed by atoms with Gasteiger partial charge in [-0.3, -0.25) is 0 Å². The lowest BCUT2D eigenvalue weighted by atomic mass is 9.79. The second-order valence-corrected chi connectivity index (χ2v) is 23.9. The highest BCUT2D eigenvalue weighted by Gasteiger charge is 2.25. The van der Waals surface area contributed by atoms with Gasteiger partial charge < -0.3 is 4.57 Å². The first-order valence-electron chi connectivity index (χ1n) is 25.6. The lowest BCUT2D eigenvalue weighted by molar-refractivity contribution is 0.591. The van der Waals surface area contributed by atoms with Gasteiger partial charge in [0.25, 0.3) is 0 Å². The molecule has 0 N–H and O–H groups in total. The van der Waals surface area contributed by atoms with Gasteiger partial charge in [-0.1, -0.05) is 210 Å². The molecule has 9 aromatic carbocycles. The summed E-state index contributed by atoms with van der Waals surface area (Å²) >= 11 is 0. The molecule has 354 valence electrons. The molecule has 10 aromatic rings. The Morgan fingerprint density at radius 2 is 0.507 bits per heavy atom. The Kier molecular flexibility index (Phi) is 11.9. The molecule has 0 saturated heterocycles. The van der Waals surface area contributed by atoms with Crippen LogP contribution in [-0.2, 0) is 21.7 Å². The first-order chi connectivity index (χ1) is 33.7. The average molecular weight is 924 g/mol. The van der Waals surface area contributed by atoms with Crippen molar-refractivity contribution >= 4 is 21.8 Å². The quantitative estimate of drug-likeness (QED) is 0.150. The van der Waals surface area contributed by atoms with Crippen molar-refractivity contribution in [2.24, 2.45) is 0 Å². The van der Waals surface area contributed by atoms with Crippen LogP contribution in [0.3, 0.4) is 0 Å². The van der Waals surface area contributed by atoms with E-state index in [1.807, 2.05) is 0 Å². The van der Waals surface area contributed by atoms with E-state index in [1.165, 1.54) is 111 Å². The van der Waals surface area contributed by atoms with Crippen molar-refractivity contribution in [3.63, 3.8) is 0 Å². The molecular formula is C70H69N. The molecule has 0 aliphatic heterocycles. The van der Waals surface area contributed by atoms with E-state index < -0.39 is 0 Å². The van der Waals surface area contributed by atoms with Gasteiger partial charge in [0.2, 0.25) is 0 Å². The van der Waals surface area contributed by atoms with E-state index >= 15 is 0 Å². The van der Waals surface area contributed by atoms with Gasteiger partial charge in [-0.05, 0) is 183 Å². The zero-order valence-electron chi connectivity index (χ0n) is 44.0. The number of nitrogens with zero attached hydrogens (tertiary/aromatic N) is 1. The molecule has 0 bridgehead atoms. The summed E-state index contributed by atoms with van der Waals surface area (Å²) in [5.74, 6) is 0. The van der Waals surface area contributed by atoms with Crippen molar-refractivity contribution in [2.45, 2.75) is 105 Å². The Morgan fingerprint density at radius 3 is 0.803 bits per heavy atom. The third kappa shape index (κ3) is 9.20. The van der Waals surface area contributed by atoms with Crippen LogP contribution in [0.15, 0.2) is 200 Å². The van der Waals surface area contributed by atoms with Crippen LogP contribution in [0.5, 0.6) is 0 Å². The van der Waals surface area contributed by atoms with Gasteiger partial charge in [0, 0.05) is 16.5 Å². The van der Waals surface area contributed by atoms with Crippen LogP contribution in [0.4, 0.5) is 0 Å². The maximum atomic E-state index is 2.45. The molecule has 0 radical (unpaired) electrons. The summed E-state index contributed by atoms with van der Waals surface area (Å²) in [6.07, 6.45) is 0. The van der Waals surface area contributed by atoms with Crippen molar-refractivity contribution in [2.75, 3.05) is 0 Å². The summed E-state index contributed by atoms with van der Waals surface area (Å²) < 4.78 is 2.44. The minimum Gasteiger partial charge on any atom is -0.309 e. The molecule has 0 amide bonds. The number of benzene rings is 9. The Hall–Kier alpha value is -7.22. The van der Waals surface area contributed by atoms with Gasteiger partial charge in [-0.25, -0.2) is 0 Å². The summed E-state index contributed by atoms with van der Waals surface area (Å²) in [5.41, 5.74) is 23.6. The molecule has 1 heterocycles. The van der Waals surface area contributed by atoms with Gasteiger partial charge in [-0.15, -0.1) is 0 Å². The van der Waals surface area contributed by atoms with Crippen molar-refractivity contribution in [1.29, 1.82) is 0 Å². The zero-order valence-corrected chi connectivity index (χ0v) is 44.0. The molecule has 1 aromatic heterocycles. The van der Waals surface area contributed by atoms with E-state index in [1.54, 1.807) is 0 Å². The summed E-state index contributed by atoms with van der Waals surface area (Å²) in [5, 5.41) is 2.46. The van der Waals surface area contributed by atoms with Gasteiger partial charge in [0.15, 0.2) is 0 Å². The number of hydrogen-bond acceptors (Lipinski definition) is 0. The molecule has 0 aliphatic carbocycles. The normalized spacial score (nSPS) is 12.5. The van der Waals surface area contributed by atoms with Gasteiger partial charge in [-0.2, -0.15) is 0 Å². The first kappa shape index (κ1) is 47.5. The first-order valence-corrected chi connectivity index (χ1v) is 25.6. The number of aromatic nitrogens is 1. The second-order valence-electron chi connectivity index (χ2n) is 23.9. The van der Waals surface area contributed by atoms with Crippen LogP contribution in [0.25, 0.3) is 94.3 Å². The van der Waals surface area contributed by atoms with Gasteiger partial charge in [0.1, 0.15) is 0 Å². The van der Waals surface area contributed by atoms with Crippen LogP contribution in [0, 0.1) is 0 Å². The monoisotopic (exact) mass is 924 g/mol. The molecule has 0 fully saturated rings. The van der Waals surface area contributed by atoms with Gasteiger partial charge in [0.05, 0.1) is 11.0 Å². The molecular weight excluding hydrogens is 855 g/mol. The highest BCUT2D eigenvalue weighted by atomic mass is 15.0. The summed E-state index contributed by atoms with van der Waals surface area (Å²) in [7, 11) is 0. The number of rotatable bonds is 7. The maximum Gasteiger partial charge on any atom is 0.0541 e. The third-order valence-electron chi connectivity index (χ3n) is 14.5. The van der Waals surface area contributed by atoms with E-state index in [4.69, 9.17) is 0 Å². The predicted octanol–water partition coefficient (Wildman–Crippen LogP) is 20.0. The molecule has 0 atom stereocenters. The minimum absolute atomic E-state index is 0.0296.